The van der Waals surface area contributed by atoms with Gasteiger partial charge in [0.15, 0.2) is 0 Å². The summed E-state index contributed by atoms with van der Waals surface area (Å²) in [4.78, 5) is 23.9. The van der Waals surface area contributed by atoms with E-state index in [1.54, 1.807) is 17.8 Å². The van der Waals surface area contributed by atoms with Gasteiger partial charge in [-0.2, -0.15) is 11.8 Å². The third-order valence-corrected chi connectivity index (χ3v) is 3.84. The molecule has 0 bridgehead atoms. The normalized spacial score (nSPS) is 21.0. The predicted octanol–water partition coefficient (Wildman–Crippen LogP) is 2.22. The van der Waals surface area contributed by atoms with Crippen LogP contribution in [0.2, 0.25) is 0 Å². The van der Waals surface area contributed by atoms with Gasteiger partial charge in [-0.05, 0) is 24.0 Å². The van der Waals surface area contributed by atoms with Gasteiger partial charge in [0.2, 0.25) is 0 Å². The Balaban J connectivity index is 2.24. The number of ether oxygens (including phenoxy) is 1. The average Bonchev–Trinajstić information content (AvgIpc) is 2.46. The summed E-state index contributed by atoms with van der Waals surface area (Å²) >= 11 is 1.56. The minimum absolute atomic E-state index is 0.243. The fourth-order valence-corrected chi connectivity index (χ4v) is 2.50. The third-order valence-electron chi connectivity index (χ3n) is 3.26. The van der Waals surface area contributed by atoms with E-state index in [1.165, 1.54) is 18.2 Å². The first-order valence-electron chi connectivity index (χ1n) is 6.70. The smallest absolute Gasteiger partial charge is 0.319 e. The molecule has 1 aromatic carbocycles. The average molecular weight is 324 g/mol. The second kappa shape index (κ2) is 7.31. The highest BCUT2D eigenvalue weighted by atomic mass is 32.2. The quantitative estimate of drug-likeness (QED) is 0.644. The van der Waals surface area contributed by atoms with Gasteiger partial charge in [-0.3, -0.25) is 4.79 Å². The molecule has 22 heavy (non-hydrogen) atoms. The summed E-state index contributed by atoms with van der Waals surface area (Å²) < 4.78 is 18.6. The number of rotatable bonds is 5. The van der Waals surface area contributed by atoms with E-state index in [0.717, 1.165) is 0 Å². The molecular formula is C15H17FN2O3S. The van der Waals surface area contributed by atoms with Gasteiger partial charge in [-0.25, -0.2) is 9.18 Å². The van der Waals surface area contributed by atoms with Crippen LogP contribution in [0.5, 0.6) is 0 Å². The maximum Gasteiger partial charge on any atom is 0.319 e. The van der Waals surface area contributed by atoms with Crippen LogP contribution in [-0.4, -0.2) is 30.6 Å². The number of hydrogen-bond acceptors (Lipinski definition) is 4. The van der Waals surface area contributed by atoms with Gasteiger partial charge in [0, 0.05) is 11.4 Å². The standard InChI is InChI=1S/C15H17FN2O3S/c1-9-12(14(19)21-6-7-22-2)13(18-15(20)17-9)10-4-3-5-11(16)8-10/h3-5,8,12-13H,1,6-7H2,2H3,(H2,17,18,20)/t12-,13+/m1/s1. The van der Waals surface area contributed by atoms with Crippen molar-refractivity contribution in [3.63, 3.8) is 0 Å². The van der Waals surface area contributed by atoms with Crippen LogP contribution in [0.25, 0.3) is 0 Å². The molecule has 0 radical (unpaired) electrons. The maximum atomic E-state index is 13.4. The number of carbonyl (C=O) groups is 2. The first-order chi connectivity index (χ1) is 10.5. The fraction of sp³-hybridized carbons (Fsp3) is 0.333. The molecule has 2 amide bonds. The minimum Gasteiger partial charge on any atom is -0.464 e. The molecule has 0 saturated carbocycles. The molecule has 2 N–H and O–H groups in total. The number of carbonyl (C=O) groups excluding carboxylic acids is 2. The second-order valence-electron chi connectivity index (χ2n) is 4.79. The molecule has 0 aliphatic carbocycles. The Morgan fingerprint density at radius 3 is 2.95 bits per heavy atom. The Labute approximate surface area is 132 Å². The largest absolute Gasteiger partial charge is 0.464 e. The summed E-state index contributed by atoms with van der Waals surface area (Å²) in [5.41, 5.74) is 0.731. The molecule has 1 aliphatic heterocycles. The topological polar surface area (TPSA) is 67.4 Å². The molecule has 5 nitrogen and oxygen atoms in total. The highest BCUT2D eigenvalue weighted by molar-refractivity contribution is 7.98. The number of nitrogens with one attached hydrogen (secondary N) is 2. The van der Waals surface area contributed by atoms with Crippen LogP contribution in [0.3, 0.4) is 0 Å². The van der Waals surface area contributed by atoms with Crippen LogP contribution >= 0.6 is 11.8 Å². The van der Waals surface area contributed by atoms with E-state index in [4.69, 9.17) is 4.74 Å². The van der Waals surface area contributed by atoms with Crippen LogP contribution in [0.15, 0.2) is 36.5 Å². The molecule has 118 valence electrons. The van der Waals surface area contributed by atoms with E-state index >= 15 is 0 Å². The van der Waals surface area contributed by atoms with Crippen molar-refractivity contribution in [2.24, 2.45) is 5.92 Å². The number of amides is 2. The van der Waals surface area contributed by atoms with Crippen LogP contribution in [0, 0.1) is 11.7 Å². The number of thioether (sulfide) groups is 1. The lowest BCUT2D eigenvalue weighted by molar-refractivity contribution is -0.147. The van der Waals surface area contributed by atoms with Crippen molar-refractivity contribution in [1.29, 1.82) is 0 Å². The zero-order valence-electron chi connectivity index (χ0n) is 12.1. The summed E-state index contributed by atoms with van der Waals surface area (Å²) in [6.45, 7) is 3.99. The molecule has 7 heteroatoms. The molecular weight excluding hydrogens is 307 g/mol. The molecule has 0 spiro atoms. The van der Waals surface area contributed by atoms with Crippen molar-refractivity contribution in [2.75, 3.05) is 18.6 Å². The van der Waals surface area contributed by atoms with E-state index in [1.807, 2.05) is 6.26 Å². The molecule has 0 aromatic heterocycles. The van der Waals surface area contributed by atoms with E-state index in [0.29, 0.717) is 11.3 Å². The Bertz CT molecular complexity index is 594. The van der Waals surface area contributed by atoms with E-state index in [-0.39, 0.29) is 12.3 Å². The number of halogens is 1. The molecule has 1 aliphatic rings. The van der Waals surface area contributed by atoms with Crippen molar-refractivity contribution in [3.8, 4) is 0 Å². The minimum atomic E-state index is -0.804. The van der Waals surface area contributed by atoms with Crippen LogP contribution in [0.4, 0.5) is 9.18 Å². The zero-order valence-corrected chi connectivity index (χ0v) is 12.9. The van der Waals surface area contributed by atoms with Gasteiger partial charge in [-0.15, -0.1) is 0 Å². The Morgan fingerprint density at radius 1 is 1.50 bits per heavy atom. The lowest BCUT2D eigenvalue weighted by atomic mass is 9.89. The van der Waals surface area contributed by atoms with Gasteiger partial charge >= 0.3 is 12.0 Å². The van der Waals surface area contributed by atoms with Gasteiger partial charge in [0.1, 0.15) is 18.3 Å². The van der Waals surface area contributed by atoms with Crippen molar-refractivity contribution < 1.29 is 18.7 Å². The van der Waals surface area contributed by atoms with E-state index < -0.39 is 29.8 Å². The first kappa shape index (κ1) is 16.4. The highest BCUT2D eigenvalue weighted by Crippen LogP contribution is 2.30. The summed E-state index contributed by atoms with van der Waals surface area (Å²) in [6, 6.07) is 4.57. The molecule has 1 heterocycles. The summed E-state index contributed by atoms with van der Waals surface area (Å²) in [5.74, 6) is -1.07. The van der Waals surface area contributed by atoms with E-state index in [2.05, 4.69) is 17.2 Å². The van der Waals surface area contributed by atoms with E-state index in [9.17, 15) is 14.0 Å². The second-order valence-corrected chi connectivity index (χ2v) is 5.78. The zero-order chi connectivity index (χ0) is 16.1. The molecule has 2 rings (SSSR count). The first-order valence-corrected chi connectivity index (χ1v) is 8.09. The van der Waals surface area contributed by atoms with Gasteiger partial charge in [-0.1, -0.05) is 18.7 Å². The van der Waals surface area contributed by atoms with Crippen molar-refractivity contribution in [3.05, 3.63) is 47.9 Å². The molecule has 1 fully saturated rings. The van der Waals surface area contributed by atoms with Crippen LogP contribution in [0.1, 0.15) is 11.6 Å². The van der Waals surface area contributed by atoms with Crippen molar-refractivity contribution in [2.45, 2.75) is 6.04 Å². The van der Waals surface area contributed by atoms with Crippen molar-refractivity contribution >= 4 is 23.8 Å². The lowest BCUT2D eigenvalue weighted by Crippen LogP contribution is -2.51. The maximum absolute atomic E-state index is 13.4. The molecule has 0 unspecified atom stereocenters. The van der Waals surface area contributed by atoms with Crippen molar-refractivity contribution in [1.82, 2.24) is 10.6 Å². The third kappa shape index (κ3) is 3.79. The molecule has 2 atom stereocenters. The van der Waals surface area contributed by atoms with Gasteiger partial charge in [0.05, 0.1) is 6.04 Å². The van der Waals surface area contributed by atoms with Gasteiger partial charge < -0.3 is 15.4 Å². The lowest BCUT2D eigenvalue weighted by Gasteiger charge is -2.33. The monoisotopic (exact) mass is 324 g/mol. The molecule has 1 saturated heterocycles. The number of hydrogen-bond donors (Lipinski definition) is 2. The Hall–Kier alpha value is -2.02. The summed E-state index contributed by atoms with van der Waals surface area (Å²) in [6.07, 6.45) is 1.91. The predicted molar refractivity (Wildman–Crippen MR) is 82.8 cm³/mol. The van der Waals surface area contributed by atoms with Crippen LogP contribution < -0.4 is 10.6 Å². The van der Waals surface area contributed by atoms with Crippen LogP contribution in [-0.2, 0) is 9.53 Å². The molecule has 1 aromatic rings. The highest BCUT2D eigenvalue weighted by Gasteiger charge is 2.38. The SMILES string of the molecule is C=C1NC(=O)N[C@@H](c2cccc(F)c2)[C@@H]1C(=O)OCCSC. The number of esters is 1. The number of benzene rings is 1. The Kier molecular flexibility index (Phi) is 5.43. The summed E-state index contributed by atoms with van der Waals surface area (Å²) in [5, 5.41) is 5.10. The fourth-order valence-electron chi connectivity index (χ4n) is 2.25. The Morgan fingerprint density at radius 2 is 2.27 bits per heavy atom. The number of urea groups is 1. The summed E-state index contributed by atoms with van der Waals surface area (Å²) in [7, 11) is 0. The van der Waals surface area contributed by atoms with Gasteiger partial charge in [0.25, 0.3) is 0 Å².